The van der Waals surface area contributed by atoms with E-state index in [0.717, 1.165) is 5.56 Å². The van der Waals surface area contributed by atoms with Gasteiger partial charge < -0.3 is 9.80 Å². The number of hydrogen-bond acceptors (Lipinski definition) is 5. The van der Waals surface area contributed by atoms with E-state index >= 15 is 0 Å². The van der Waals surface area contributed by atoms with E-state index < -0.39 is 10.0 Å². The Kier molecular flexibility index (Phi) is 5.45. The van der Waals surface area contributed by atoms with Gasteiger partial charge in [0, 0.05) is 37.4 Å². The van der Waals surface area contributed by atoms with Crippen molar-refractivity contribution in [2.45, 2.75) is 11.3 Å². The first kappa shape index (κ1) is 18.6. The zero-order valence-corrected chi connectivity index (χ0v) is 15.6. The fourth-order valence-electron chi connectivity index (χ4n) is 2.93. The molecule has 9 heteroatoms. The molecule has 0 saturated carbocycles. The van der Waals surface area contributed by atoms with Crippen LogP contribution in [0, 0.1) is 0 Å². The molecule has 0 atom stereocenters. The summed E-state index contributed by atoms with van der Waals surface area (Å²) in [5.74, 6) is 0.318. The third kappa shape index (κ3) is 4.14. The number of pyridine rings is 1. The number of carbonyl (C=O) groups excluding carboxylic acids is 1. The number of aromatic nitrogens is 1. The summed E-state index contributed by atoms with van der Waals surface area (Å²) in [6.07, 6.45) is 1.77. The molecule has 7 nitrogen and oxygen atoms in total. The van der Waals surface area contributed by atoms with Crippen LogP contribution in [-0.4, -0.2) is 50.4 Å². The molecule has 1 aromatic carbocycles. The minimum absolute atomic E-state index is 0.00385. The van der Waals surface area contributed by atoms with Crippen molar-refractivity contribution in [1.29, 1.82) is 0 Å². The van der Waals surface area contributed by atoms with Crippen molar-refractivity contribution >= 4 is 33.3 Å². The summed E-state index contributed by atoms with van der Waals surface area (Å²) in [6.45, 7) is 1.91. The van der Waals surface area contributed by atoms with E-state index in [4.69, 9.17) is 16.7 Å². The number of piperazine rings is 1. The lowest BCUT2D eigenvalue weighted by Crippen LogP contribution is -2.49. The number of sulfonamides is 1. The minimum atomic E-state index is -3.86. The first-order valence-electron chi connectivity index (χ1n) is 8.10. The first-order valence-corrected chi connectivity index (χ1v) is 10.0. The van der Waals surface area contributed by atoms with E-state index in [1.54, 1.807) is 11.0 Å². The molecule has 1 saturated heterocycles. The maximum Gasteiger partial charge on any atom is 0.241 e. The molecule has 1 aromatic heterocycles. The molecule has 138 valence electrons. The lowest BCUT2D eigenvalue weighted by molar-refractivity contribution is -0.130. The Morgan fingerprint density at radius 1 is 1.12 bits per heavy atom. The minimum Gasteiger partial charge on any atom is -0.352 e. The Morgan fingerprint density at radius 2 is 1.81 bits per heavy atom. The van der Waals surface area contributed by atoms with Crippen molar-refractivity contribution in [1.82, 2.24) is 9.88 Å². The van der Waals surface area contributed by atoms with Crippen molar-refractivity contribution in [3.8, 4) is 0 Å². The van der Waals surface area contributed by atoms with Crippen molar-refractivity contribution in [3.05, 3.63) is 53.2 Å². The molecule has 2 aromatic rings. The van der Waals surface area contributed by atoms with E-state index in [1.165, 1.54) is 18.3 Å². The average molecular weight is 395 g/mol. The van der Waals surface area contributed by atoms with Crippen LogP contribution in [0.2, 0.25) is 5.02 Å². The Morgan fingerprint density at radius 3 is 2.46 bits per heavy atom. The summed E-state index contributed by atoms with van der Waals surface area (Å²) >= 11 is 6.11. The van der Waals surface area contributed by atoms with Crippen LogP contribution in [0.15, 0.2) is 47.5 Å². The van der Waals surface area contributed by atoms with Crippen LogP contribution in [0.1, 0.15) is 5.56 Å². The number of amides is 1. The molecule has 0 bridgehead atoms. The van der Waals surface area contributed by atoms with Gasteiger partial charge in [-0.15, -0.1) is 0 Å². The first-order chi connectivity index (χ1) is 12.4. The lowest BCUT2D eigenvalue weighted by atomic mass is 10.1. The number of nitrogens with zero attached hydrogens (tertiary/aromatic N) is 3. The number of primary sulfonamides is 1. The van der Waals surface area contributed by atoms with Gasteiger partial charge in [-0.05, 0) is 23.8 Å². The van der Waals surface area contributed by atoms with Gasteiger partial charge in [-0.3, -0.25) is 4.79 Å². The molecule has 0 aliphatic carbocycles. The van der Waals surface area contributed by atoms with Gasteiger partial charge in [0.1, 0.15) is 10.7 Å². The number of benzene rings is 1. The third-order valence-electron chi connectivity index (χ3n) is 4.29. The maximum atomic E-state index is 12.5. The summed E-state index contributed by atoms with van der Waals surface area (Å²) in [4.78, 5) is 20.2. The maximum absolute atomic E-state index is 12.5. The van der Waals surface area contributed by atoms with Gasteiger partial charge in [0.2, 0.25) is 15.9 Å². The zero-order chi connectivity index (χ0) is 18.7. The molecular weight excluding hydrogens is 376 g/mol. The van der Waals surface area contributed by atoms with Gasteiger partial charge in [-0.25, -0.2) is 18.5 Å². The number of rotatable bonds is 4. The second-order valence-electron chi connectivity index (χ2n) is 6.01. The second-order valence-corrected chi connectivity index (χ2v) is 7.94. The van der Waals surface area contributed by atoms with Crippen LogP contribution in [0.3, 0.4) is 0 Å². The van der Waals surface area contributed by atoms with Gasteiger partial charge in [0.15, 0.2) is 0 Å². The second kappa shape index (κ2) is 7.61. The van der Waals surface area contributed by atoms with Crippen LogP contribution in [0.4, 0.5) is 5.82 Å². The number of hydrogen-bond donors (Lipinski definition) is 1. The Hall–Kier alpha value is -2.16. The van der Waals surface area contributed by atoms with Gasteiger partial charge in [0.05, 0.1) is 6.42 Å². The molecule has 1 aliphatic heterocycles. The molecule has 1 amide bonds. The van der Waals surface area contributed by atoms with E-state index in [-0.39, 0.29) is 17.2 Å². The van der Waals surface area contributed by atoms with Crippen LogP contribution in [0.25, 0.3) is 0 Å². The van der Waals surface area contributed by atoms with Crippen molar-refractivity contribution in [2.24, 2.45) is 5.14 Å². The molecule has 0 radical (unpaired) electrons. The summed E-state index contributed by atoms with van der Waals surface area (Å²) in [5, 5.41) is 5.84. The smallest absolute Gasteiger partial charge is 0.241 e. The summed E-state index contributed by atoms with van der Waals surface area (Å²) in [5.41, 5.74) is 0.794. The van der Waals surface area contributed by atoms with Crippen LogP contribution >= 0.6 is 11.6 Å². The SMILES string of the molecule is NS(=O)(=O)c1cccnc1N1CCN(C(=O)Cc2ccccc2Cl)CC1. The van der Waals surface area contributed by atoms with Crippen LogP contribution < -0.4 is 10.0 Å². The number of anilines is 1. The highest BCUT2D eigenvalue weighted by Gasteiger charge is 2.26. The van der Waals surface area contributed by atoms with Crippen LogP contribution in [-0.2, 0) is 21.2 Å². The van der Waals surface area contributed by atoms with Gasteiger partial charge in [-0.1, -0.05) is 29.8 Å². The number of carbonyl (C=O) groups is 1. The normalized spacial score (nSPS) is 15.2. The third-order valence-corrected chi connectivity index (χ3v) is 5.59. The molecule has 1 aliphatic rings. The Labute approximate surface area is 157 Å². The summed E-state index contributed by atoms with van der Waals surface area (Å²) < 4.78 is 23.5. The van der Waals surface area contributed by atoms with Gasteiger partial charge in [-0.2, -0.15) is 0 Å². The van der Waals surface area contributed by atoms with Gasteiger partial charge >= 0.3 is 0 Å². The molecule has 0 spiro atoms. The zero-order valence-electron chi connectivity index (χ0n) is 14.0. The highest BCUT2D eigenvalue weighted by molar-refractivity contribution is 7.89. The summed E-state index contributed by atoms with van der Waals surface area (Å²) in [6, 6.07) is 10.2. The van der Waals surface area contributed by atoms with E-state index in [0.29, 0.717) is 37.0 Å². The fourth-order valence-corrected chi connectivity index (χ4v) is 3.83. The summed E-state index contributed by atoms with van der Waals surface area (Å²) in [7, 11) is -3.86. The predicted octanol–water partition coefficient (Wildman–Crippen LogP) is 1.27. The van der Waals surface area contributed by atoms with Crippen molar-refractivity contribution in [3.63, 3.8) is 0 Å². The van der Waals surface area contributed by atoms with Crippen LogP contribution in [0.5, 0.6) is 0 Å². The van der Waals surface area contributed by atoms with E-state index in [1.807, 2.05) is 23.1 Å². The molecule has 3 rings (SSSR count). The lowest BCUT2D eigenvalue weighted by Gasteiger charge is -2.36. The van der Waals surface area contributed by atoms with Gasteiger partial charge in [0.25, 0.3) is 0 Å². The van der Waals surface area contributed by atoms with Crippen molar-refractivity contribution < 1.29 is 13.2 Å². The highest BCUT2D eigenvalue weighted by atomic mass is 35.5. The molecule has 1 fully saturated rings. The number of nitrogens with two attached hydrogens (primary N) is 1. The highest BCUT2D eigenvalue weighted by Crippen LogP contribution is 2.23. The molecule has 0 unspecified atom stereocenters. The topological polar surface area (TPSA) is 96.6 Å². The van der Waals surface area contributed by atoms with E-state index in [2.05, 4.69) is 4.98 Å². The number of halogens is 1. The molecule has 26 heavy (non-hydrogen) atoms. The molecule has 2 heterocycles. The standard InChI is InChI=1S/C17H19ClN4O3S/c18-14-5-2-1-4-13(14)12-16(23)21-8-10-22(11-9-21)17-15(26(19,24)25)6-3-7-20-17/h1-7H,8-12H2,(H2,19,24,25). The monoisotopic (exact) mass is 394 g/mol. The molecule has 2 N–H and O–H groups in total. The largest absolute Gasteiger partial charge is 0.352 e. The Bertz CT molecular complexity index is 912. The fraction of sp³-hybridized carbons (Fsp3) is 0.294. The van der Waals surface area contributed by atoms with E-state index in [9.17, 15) is 13.2 Å². The Balaban J connectivity index is 1.67. The predicted molar refractivity (Wildman–Crippen MR) is 99.6 cm³/mol. The molecular formula is C17H19ClN4O3S. The average Bonchev–Trinajstić information content (AvgIpc) is 2.63. The van der Waals surface area contributed by atoms with Crippen molar-refractivity contribution in [2.75, 3.05) is 31.1 Å². The quantitative estimate of drug-likeness (QED) is 0.842.